The van der Waals surface area contributed by atoms with E-state index in [1.165, 1.54) is 31.4 Å². The Morgan fingerprint density at radius 3 is 2.59 bits per heavy atom. The van der Waals surface area contributed by atoms with Gasteiger partial charge in [0.05, 0.1) is 30.0 Å². The maximum atomic E-state index is 12.7. The number of rotatable bonds is 3. The van der Waals surface area contributed by atoms with Crippen LogP contribution in [-0.2, 0) is 5.41 Å². The highest BCUT2D eigenvalue weighted by molar-refractivity contribution is 5.93. The summed E-state index contributed by atoms with van der Waals surface area (Å²) in [4.78, 5) is 17.5. The Labute approximate surface area is 221 Å². The van der Waals surface area contributed by atoms with E-state index in [1.54, 1.807) is 24.0 Å². The van der Waals surface area contributed by atoms with E-state index in [0.29, 0.717) is 11.5 Å². The van der Waals surface area contributed by atoms with Crippen LogP contribution in [0.15, 0.2) is 48.7 Å². The zero-order chi connectivity index (χ0) is 26.0. The molecule has 1 amide bonds. The summed E-state index contributed by atoms with van der Waals surface area (Å²) < 4.78 is 2.33. The van der Waals surface area contributed by atoms with Crippen molar-refractivity contribution in [2.75, 3.05) is 0 Å². The predicted molar refractivity (Wildman–Crippen MR) is 146 cm³/mol. The van der Waals surface area contributed by atoms with Gasteiger partial charge in [0, 0.05) is 28.8 Å². The Morgan fingerprint density at radius 1 is 1.05 bits per heavy atom. The third-order valence-corrected chi connectivity index (χ3v) is 10.5. The summed E-state index contributed by atoms with van der Waals surface area (Å²) in [5.41, 5.74) is 5.33. The van der Waals surface area contributed by atoms with Crippen molar-refractivity contribution in [3.63, 3.8) is 0 Å². The van der Waals surface area contributed by atoms with Gasteiger partial charge in [-0.25, -0.2) is 4.98 Å². The summed E-state index contributed by atoms with van der Waals surface area (Å²) in [5, 5.41) is 10.9. The molecular weight excluding hydrogens is 458 g/mol. The van der Waals surface area contributed by atoms with Crippen LogP contribution in [0.25, 0.3) is 5.70 Å². The number of allylic oxidation sites excluding steroid dienone is 3. The number of carbonyl (C=O) groups is 1. The molecule has 2 aromatic rings. The van der Waals surface area contributed by atoms with Crippen LogP contribution in [0.1, 0.15) is 95.6 Å². The fraction of sp³-hybridized carbons (Fsp3) is 0.613. The van der Waals surface area contributed by atoms with E-state index in [4.69, 9.17) is 4.98 Å². The van der Waals surface area contributed by atoms with Crippen molar-refractivity contribution < 1.29 is 4.79 Å². The highest BCUT2D eigenvalue weighted by atomic mass is 16.1. The van der Waals surface area contributed by atoms with Gasteiger partial charge in [-0.05, 0) is 74.2 Å². The summed E-state index contributed by atoms with van der Waals surface area (Å²) in [6, 6.07) is 1.93. The van der Waals surface area contributed by atoms with Gasteiger partial charge in [0.2, 0.25) is 0 Å². The molecule has 4 aliphatic carbocycles. The van der Waals surface area contributed by atoms with Gasteiger partial charge in [0.25, 0.3) is 5.91 Å². The van der Waals surface area contributed by atoms with E-state index in [2.05, 4.69) is 73.0 Å². The zero-order valence-electron chi connectivity index (χ0n) is 23.0. The molecule has 37 heavy (non-hydrogen) atoms. The SMILES string of the molecule is CC(C)(C)c1cn(C2=CCC3C4CC=C5C[C@@H](NC(=O)c6ccnnc6)CC[C@]5(C)C4CC[C@]23C)cn1. The average Bonchev–Trinajstić information content (AvgIpc) is 3.49. The van der Waals surface area contributed by atoms with E-state index in [0.717, 1.165) is 36.8 Å². The summed E-state index contributed by atoms with van der Waals surface area (Å²) in [5.74, 6) is 2.10. The predicted octanol–water partition coefficient (Wildman–Crippen LogP) is 6.18. The second-order valence-corrected chi connectivity index (χ2v) is 13.5. The van der Waals surface area contributed by atoms with Crippen molar-refractivity contribution >= 4 is 11.6 Å². The van der Waals surface area contributed by atoms with E-state index < -0.39 is 0 Å². The fourth-order valence-electron chi connectivity index (χ4n) is 8.26. The summed E-state index contributed by atoms with van der Waals surface area (Å²) in [7, 11) is 0. The summed E-state index contributed by atoms with van der Waals surface area (Å²) >= 11 is 0. The first-order valence-corrected chi connectivity index (χ1v) is 14.1. The molecule has 0 radical (unpaired) electrons. The van der Waals surface area contributed by atoms with Gasteiger partial charge in [-0.15, -0.1) is 0 Å². The number of nitrogens with zero attached hydrogens (tertiary/aromatic N) is 4. The first kappa shape index (κ1) is 24.6. The summed E-state index contributed by atoms with van der Waals surface area (Å²) in [6.07, 6.45) is 20.5. The second-order valence-electron chi connectivity index (χ2n) is 13.5. The Hall–Kier alpha value is -2.76. The number of nitrogens with one attached hydrogen (secondary N) is 1. The number of carbonyl (C=O) groups excluding carboxylic acids is 1. The van der Waals surface area contributed by atoms with Gasteiger partial charge >= 0.3 is 0 Å². The van der Waals surface area contributed by atoms with E-state index >= 15 is 0 Å². The Bertz CT molecular complexity index is 1250. The lowest BCUT2D eigenvalue weighted by Gasteiger charge is -2.58. The lowest BCUT2D eigenvalue weighted by molar-refractivity contribution is -0.0137. The van der Waals surface area contributed by atoms with Crippen molar-refractivity contribution in [1.82, 2.24) is 25.1 Å². The molecule has 3 unspecified atom stereocenters. The van der Waals surface area contributed by atoms with E-state index in [-0.39, 0.29) is 28.2 Å². The lowest BCUT2D eigenvalue weighted by Crippen LogP contribution is -2.51. The number of hydrogen-bond donors (Lipinski definition) is 1. The van der Waals surface area contributed by atoms with Crippen LogP contribution in [0, 0.1) is 28.6 Å². The first-order chi connectivity index (χ1) is 17.6. The number of fused-ring (bicyclic) bond motifs is 5. The lowest BCUT2D eigenvalue weighted by atomic mass is 9.47. The topological polar surface area (TPSA) is 72.7 Å². The number of amides is 1. The van der Waals surface area contributed by atoms with Gasteiger partial charge in [-0.2, -0.15) is 10.2 Å². The number of imidazole rings is 1. The monoisotopic (exact) mass is 499 g/mol. The molecular formula is C31H41N5O. The van der Waals surface area contributed by atoms with Gasteiger partial charge in [-0.1, -0.05) is 52.3 Å². The van der Waals surface area contributed by atoms with Gasteiger partial charge < -0.3 is 9.88 Å². The van der Waals surface area contributed by atoms with Crippen LogP contribution in [0.2, 0.25) is 0 Å². The van der Waals surface area contributed by atoms with Crippen LogP contribution in [0.3, 0.4) is 0 Å². The highest BCUT2D eigenvalue weighted by Crippen LogP contribution is 2.65. The second kappa shape index (κ2) is 8.64. The molecule has 1 N–H and O–H groups in total. The van der Waals surface area contributed by atoms with Crippen LogP contribution >= 0.6 is 0 Å². The highest BCUT2D eigenvalue weighted by Gasteiger charge is 2.57. The van der Waals surface area contributed by atoms with Crippen LogP contribution < -0.4 is 5.32 Å². The maximum absolute atomic E-state index is 12.7. The first-order valence-electron chi connectivity index (χ1n) is 14.1. The quantitative estimate of drug-likeness (QED) is 0.512. The molecule has 196 valence electrons. The van der Waals surface area contributed by atoms with Crippen molar-refractivity contribution in [1.29, 1.82) is 0 Å². The Balaban J connectivity index is 1.19. The third kappa shape index (κ3) is 3.98. The molecule has 6 nitrogen and oxygen atoms in total. The largest absolute Gasteiger partial charge is 0.349 e. The van der Waals surface area contributed by atoms with Gasteiger partial charge in [0.1, 0.15) is 0 Å². The molecule has 4 aliphatic rings. The Morgan fingerprint density at radius 2 is 1.86 bits per heavy atom. The molecule has 0 aromatic carbocycles. The molecule has 0 bridgehead atoms. The van der Waals surface area contributed by atoms with Gasteiger partial charge in [0.15, 0.2) is 0 Å². The Kier molecular flexibility index (Phi) is 5.74. The van der Waals surface area contributed by atoms with E-state index in [1.807, 2.05) is 6.33 Å². The number of aromatic nitrogens is 4. The molecule has 6 rings (SSSR count). The molecule has 2 aromatic heterocycles. The average molecular weight is 500 g/mol. The van der Waals surface area contributed by atoms with Crippen LogP contribution in [0.4, 0.5) is 0 Å². The molecule has 0 saturated heterocycles. The van der Waals surface area contributed by atoms with E-state index in [9.17, 15) is 4.79 Å². The number of hydrogen-bond acceptors (Lipinski definition) is 4. The molecule has 6 atom stereocenters. The molecule has 2 saturated carbocycles. The molecule has 6 heteroatoms. The minimum absolute atomic E-state index is 0.0371. The molecule has 0 spiro atoms. The van der Waals surface area contributed by atoms with Crippen molar-refractivity contribution in [2.24, 2.45) is 28.6 Å². The minimum atomic E-state index is -0.0371. The summed E-state index contributed by atoms with van der Waals surface area (Å²) in [6.45, 7) is 11.8. The normalized spacial score (nSPS) is 35.1. The van der Waals surface area contributed by atoms with Crippen LogP contribution in [-0.4, -0.2) is 31.7 Å². The van der Waals surface area contributed by atoms with Crippen molar-refractivity contribution in [2.45, 2.75) is 91.0 Å². The minimum Gasteiger partial charge on any atom is -0.349 e. The zero-order valence-corrected chi connectivity index (χ0v) is 23.0. The fourth-order valence-corrected chi connectivity index (χ4v) is 8.26. The van der Waals surface area contributed by atoms with Crippen molar-refractivity contribution in [3.8, 4) is 0 Å². The standard InChI is InChI=1S/C31H41N5O/c1-29(2,3)26-18-36(19-32-26)27-9-8-24-23-7-6-21-16-22(35-28(37)20-12-15-33-34-17-20)10-13-30(21,4)25(23)11-14-31(24,27)5/h6,9,12,15,17-19,22-25H,7-8,10-11,13-14,16H2,1-5H3,(H,35,37)/t22-,23?,24?,25?,30-,31-/m0/s1. The molecule has 2 heterocycles. The van der Waals surface area contributed by atoms with Crippen LogP contribution in [0.5, 0.6) is 0 Å². The van der Waals surface area contributed by atoms with Crippen molar-refractivity contribution in [3.05, 3.63) is 60.0 Å². The third-order valence-electron chi connectivity index (χ3n) is 10.5. The maximum Gasteiger partial charge on any atom is 0.253 e. The smallest absolute Gasteiger partial charge is 0.253 e. The molecule has 2 fully saturated rings. The van der Waals surface area contributed by atoms with Gasteiger partial charge in [-0.3, -0.25) is 4.79 Å². The molecule has 0 aliphatic heterocycles.